The van der Waals surface area contributed by atoms with Gasteiger partial charge in [0, 0.05) is 25.4 Å². The summed E-state index contributed by atoms with van der Waals surface area (Å²) in [4.78, 5) is 8.64. The van der Waals surface area contributed by atoms with Crippen LogP contribution < -0.4 is 10.6 Å². The van der Waals surface area contributed by atoms with Gasteiger partial charge in [-0.2, -0.15) is 4.98 Å². The second-order valence-electron chi connectivity index (χ2n) is 5.62. The highest BCUT2D eigenvalue weighted by atomic mass is 15.1. The first-order valence-electron chi connectivity index (χ1n) is 6.10. The van der Waals surface area contributed by atoms with Gasteiger partial charge in [-0.25, -0.2) is 4.98 Å². The van der Waals surface area contributed by atoms with Crippen LogP contribution in [0.3, 0.4) is 0 Å². The third-order valence-corrected chi connectivity index (χ3v) is 3.15. The molecule has 0 aliphatic carbocycles. The molecule has 1 atom stereocenters. The highest BCUT2D eigenvalue weighted by Crippen LogP contribution is 2.25. The van der Waals surface area contributed by atoms with Gasteiger partial charge in [0.25, 0.3) is 0 Å². The van der Waals surface area contributed by atoms with Crippen LogP contribution in [-0.4, -0.2) is 23.6 Å². The fourth-order valence-corrected chi connectivity index (χ4v) is 1.33. The van der Waals surface area contributed by atoms with Gasteiger partial charge >= 0.3 is 0 Å². The summed E-state index contributed by atoms with van der Waals surface area (Å²) in [6, 6.07) is 1.97. The molecule has 0 spiro atoms. The van der Waals surface area contributed by atoms with E-state index in [-0.39, 0.29) is 0 Å². The van der Waals surface area contributed by atoms with Gasteiger partial charge in [-0.15, -0.1) is 0 Å². The zero-order valence-electron chi connectivity index (χ0n) is 11.8. The molecule has 0 amide bonds. The smallest absolute Gasteiger partial charge is 0.224 e. The molecule has 17 heavy (non-hydrogen) atoms. The van der Waals surface area contributed by atoms with Crippen LogP contribution in [0.1, 0.15) is 33.4 Å². The van der Waals surface area contributed by atoms with Crippen LogP contribution >= 0.6 is 0 Å². The average molecular weight is 236 g/mol. The number of nitrogens with zero attached hydrogens (tertiary/aromatic N) is 2. The van der Waals surface area contributed by atoms with Gasteiger partial charge in [-0.3, -0.25) is 0 Å². The lowest BCUT2D eigenvalue weighted by Crippen LogP contribution is -2.25. The first kappa shape index (κ1) is 13.7. The van der Waals surface area contributed by atoms with Crippen molar-refractivity contribution in [3.05, 3.63) is 11.8 Å². The Morgan fingerprint density at radius 2 is 1.94 bits per heavy atom. The minimum Gasteiger partial charge on any atom is -0.370 e. The van der Waals surface area contributed by atoms with E-state index in [4.69, 9.17) is 0 Å². The SMILES string of the molecule is CNc1nc(C)cc(NCC(C)C(C)(C)C)n1. The van der Waals surface area contributed by atoms with Gasteiger partial charge in [0.1, 0.15) is 5.82 Å². The Balaban J connectivity index is 2.66. The van der Waals surface area contributed by atoms with Crippen molar-refractivity contribution in [2.45, 2.75) is 34.6 Å². The molecule has 1 heterocycles. The minimum absolute atomic E-state index is 0.306. The van der Waals surface area contributed by atoms with Gasteiger partial charge < -0.3 is 10.6 Å². The van der Waals surface area contributed by atoms with Crippen molar-refractivity contribution in [3.8, 4) is 0 Å². The Hall–Kier alpha value is -1.32. The largest absolute Gasteiger partial charge is 0.370 e. The van der Waals surface area contributed by atoms with Gasteiger partial charge in [0.05, 0.1) is 0 Å². The predicted molar refractivity (Wildman–Crippen MR) is 73.4 cm³/mol. The topological polar surface area (TPSA) is 49.8 Å². The van der Waals surface area contributed by atoms with Crippen LogP contribution in [0.15, 0.2) is 6.07 Å². The van der Waals surface area contributed by atoms with Crippen LogP contribution in [0.25, 0.3) is 0 Å². The molecule has 1 aromatic heterocycles. The fourth-order valence-electron chi connectivity index (χ4n) is 1.33. The second-order valence-corrected chi connectivity index (χ2v) is 5.62. The van der Waals surface area contributed by atoms with Crippen molar-refractivity contribution in [2.75, 3.05) is 24.2 Å². The third-order valence-electron chi connectivity index (χ3n) is 3.15. The summed E-state index contributed by atoms with van der Waals surface area (Å²) in [5.41, 5.74) is 1.27. The van der Waals surface area contributed by atoms with E-state index in [0.29, 0.717) is 17.3 Å². The summed E-state index contributed by atoms with van der Waals surface area (Å²) in [6.07, 6.45) is 0. The quantitative estimate of drug-likeness (QED) is 0.844. The zero-order chi connectivity index (χ0) is 13.1. The summed E-state index contributed by atoms with van der Waals surface area (Å²) >= 11 is 0. The minimum atomic E-state index is 0.306. The third kappa shape index (κ3) is 4.21. The number of aryl methyl sites for hydroxylation is 1. The Kier molecular flexibility index (Phi) is 4.32. The number of hydrogen-bond donors (Lipinski definition) is 2. The molecule has 4 heteroatoms. The number of anilines is 2. The van der Waals surface area contributed by atoms with Gasteiger partial charge in [0.2, 0.25) is 5.95 Å². The lowest BCUT2D eigenvalue weighted by Gasteiger charge is -2.27. The van der Waals surface area contributed by atoms with Crippen molar-refractivity contribution < 1.29 is 0 Å². The van der Waals surface area contributed by atoms with Crippen LogP contribution in [0.4, 0.5) is 11.8 Å². The normalized spacial score (nSPS) is 13.3. The molecule has 1 unspecified atom stereocenters. The molecule has 0 bridgehead atoms. The Morgan fingerprint density at radius 3 is 2.47 bits per heavy atom. The van der Waals surface area contributed by atoms with Gasteiger partial charge in [-0.05, 0) is 18.3 Å². The van der Waals surface area contributed by atoms with Crippen LogP contribution in [0.2, 0.25) is 0 Å². The summed E-state index contributed by atoms with van der Waals surface area (Å²) in [5.74, 6) is 2.13. The summed E-state index contributed by atoms with van der Waals surface area (Å²) in [6.45, 7) is 11.9. The van der Waals surface area contributed by atoms with E-state index >= 15 is 0 Å². The van der Waals surface area contributed by atoms with E-state index in [1.807, 2.05) is 20.0 Å². The Labute approximate surface area is 104 Å². The number of rotatable bonds is 4. The first-order chi connectivity index (χ1) is 7.82. The van der Waals surface area contributed by atoms with E-state index in [2.05, 4.69) is 48.3 Å². The molecule has 0 radical (unpaired) electrons. The van der Waals surface area contributed by atoms with E-state index in [1.54, 1.807) is 0 Å². The number of hydrogen-bond acceptors (Lipinski definition) is 4. The number of nitrogens with one attached hydrogen (secondary N) is 2. The molecule has 0 fully saturated rings. The molecule has 4 nitrogen and oxygen atoms in total. The van der Waals surface area contributed by atoms with E-state index in [0.717, 1.165) is 18.1 Å². The molecule has 0 saturated heterocycles. The van der Waals surface area contributed by atoms with Crippen molar-refractivity contribution in [3.63, 3.8) is 0 Å². The lowest BCUT2D eigenvalue weighted by atomic mass is 9.82. The van der Waals surface area contributed by atoms with Crippen molar-refractivity contribution in [2.24, 2.45) is 11.3 Å². The standard InChI is InChI=1S/C13H24N4/c1-9(13(3,4)5)8-15-11-7-10(2)16-12(14-6)17-11/h7,9H,8H2,1-6H3,(H2,14,15,16,17). The fraction of sp³-hybridized carbons (Fsp3) is 0.692. The summed E-state index contributed by atoms with van der Waals surface area (Å²) in [7, 11) is 1.83. The van der Waals surface area contributed by atoms with Crippen LogP contribution in [0, 0.1) is 18.3 Å². The van der Waals surface area contributed by atoms with Crippen molar-refractivity contribution in [1.82, 2.24) is 9.97 Å². The van der Waals surface area contributed by atoms with E-state index in [1.165, 1.54) is 0 Å². The highest BCUT2D eigenvalue weighted by Gasteiger charge is 2.19. The summed E-state index contributed by atoms with van der Waals surface area (Å²) in [5, 5.41) is 6.34. The average Bonchev–Trinajstić information content (AvgIpc) is 2.23. The molecule has 1 rings (SSSR count). The summed E-state index contributed by atoms with van der Waals surface area (Å²) < 4.78 is 0. The lowest BCUT2D eigenvalue weighted by molar-refractivity contribution is 0.274. The van der Waals surface area contributed by atoms with Gasteiger partial charge in [-0.1, -0.05) is 27.7 Å². The molecule has 96 valence electrons. The monoisotopic (exact) mass is 236 g/mol. The van der Waals surface area contributed by atoms with E-state index < -0.39 is 0 Å². The Morgan fingerprint density at radius 1 is 1.29 bits per heavy atom. The van der Waals surface area contributed by atoms with Gasteiger partial charge in [0.15, 0.2) is 0 Å². The molecule has 0 aliphatic heterocycles. The van der Waals surface area contributed by atoms with Crippen molar-refractivity contribution >= 4 is 11.8 Å². The Bertz CT molecular complexity index is 368. The highest BCUT2D eigenvalue weighted by molar-refractivity contribution is 5.41. The molecule has 1 aromatic rings. The van der Waals surface area contributed by atoms with Crippen LogP contribution in [-0.2, 0) is 0 Å². The maximum atomic E-state index is 4.37. The maximum Gasteiger partial charge on any atom is 0.224 e. The molecule has 0 aromatic carbocycles. The number of aromatic nitrogens is 2. The van der Waals surface area contributed by atoms with Crippen LogP contribution in [0.5, 0.6) is 0 Å². The zero-order valence-corrected chi connectivity index (χ0v) is 11.8. The van der Waals surface area contributed by atoms with Crippen molar-refractivity contribution in [1.29, 1.82) is 0 Å². The molecular weight excluding hydrogens is 212 g/mol. The van der Waals surface area contributed by atoms with E-state index in [9.17, 15) is 0 Å². The predicted octanol–water partition coefficient (Wildman–Crippen LogP) is 2.92. The second kappa shape index (κ2) is 5.34. The molecule has 0 aliphatic rings. The molecule has 2 N–H and O–H groups in total. The maximum absolute atomic E-state index is 4.37. The molecular formula is C13H24N4. The molecule has 0 saturated carbocycles. The first-order valence-corrected chi connectivity index (χ1v) is 6.10.